The van der Waals surface area contributed by atoms with Gasteiger partial charge in [0.25, 0.3) is 0 Å². The second kappa shape index (κ2) is 7.28. The normalized spacial score (nSPS) is 9.08. The van der Waals surface area contributed by atoms with Gasteiger partial charge in [0.1, 0.15) is 0 Å². The van der Waals surface area contributed by atoms with Gasteiger partial charge in [-0.15, -0.1) is 17.0 Å². The molecule has 68 valence electrons. The molecule has 0 saturated carbocycles. The third kappa shape index (κ3) is 4.49. The molecule has 0 unspecified atom stereocenters. The highest BCUT2D eigenvalue weighted by Gasteiger charge is 1.89. The summed E-state index contributed by atoms with van der Waals surface area (Å²) in [4.78, 5) is 0. The molecule has 0 heterocycles. The molecule has 1 aromatic rings. The Hall–Kier alpha value is -0.380. The quantitative estimate of drug-likeness (QED) is 0.616. The molecule has 1 rings (SSSR count). The Morgan fingerprint density at radius 1 is 1.17 bits per heavy atom. The standard InChI is InChI=1S/C9H13NO.BrH/c11-10-8-4-7-9-5-2-1-3-6-9;/h1-3,5-6,10-11H,4,7-8H2;1H. The summed E-state index contributed by atoms with van der Waals surface area (Å²) in [7, 11) is 0. The summed E-state index contributed by atoms with van der Waals surface area (Å²) in [5.74, 6) is 0. The summed E-state index contributed by atoms with van der Waals surface area (Å²) < 4.78 is 0. The molecule has 0 aliphatic heterocycles. The molecule has 0 saturated heterocycles. The molecular weight excluding hydrogens is 218 g/mol. The molecule has 0 aromatic heterocycles. The summed E-state index contributed by atoms with van der Waals surface area (Å²) >= 11 is 0. The number of hydroxylamine groups is 1. The average Bonchev–Trinajstić information content (AvgIpc) is 2.07. The van der Waals surface area contributed by atoms with Crippen LogP contribution in [0.5, 0.6) is 0 Å². The van der Waals surface area contributed by atoms with Crippen molar-refractivity contribution >= 4 is 17.0 Å². The van der Waals surface area contributed by atoms with Gasteiger partial charge in [-0.3, -0.25) is 0 Å². The zero-order valence-electron chi connectivity index (χ0n) is 6.86. The van der Waals surface area contributed by atoms with Crippen LogP contribution in [-0.2, 0) is 6.42 Å². The van der Waals surface area contributed by atoms with Crippen molar-refractivity contribution in [2.75, 3.05) is 6.54 Å². The van der Waals surface area contributed by atoms with E-state index in [9.17, 15) is 0 Å². The lowest BCUT2D eigenvalue weighted by atomic mass is 10.1. The first kappa shape index (κ1) is 11.6. The molecule has 0 atom stereocenters. The van der Waals surface area contributed by atoms with Crippen molar-refractivity contribution in [3.8, 4) is 0 Å². The third-order valence-electron chi connectivity index (χ3n) is 1.60. The molecule has 3 heteroatoms. The summed E-state index contributed by atoms with van der Waals surface area (Å²) in [5, 5.41) is 8.29. The fraction of sp³-hybridized carbons (Fsp3) is 0.333. The molecule has 1 aromatic carbocycles. The van der Waals surface area contributed by atoms with Gasteiger partial charge >= 0.3 is 0 Å². The Morgan fingerprint density at radius 3 is 2.42 bits per heavy atom. The molecule has 2 N–H and O–H groups in total. The average molecular weight is 232 g/mol. The Labute approximate surface area is 83.3 Å². The van der Waals surface area contributed by atoms with E-state index in [1.54, 1.807) is 0 Å². The van der Waals surface area contributed by atoms with Gasteiger partial charge in [0.2, 0.25) is 0 Å². The maximum atomic E-state index is 8.29. The maximum absolute atomic E-state index is 8.29. The van der Waals surface area contributed by atoms with Crippen LogP contribution in [0.15, 0.2) is 30.3 Å². The smallest absolute Gasteiger partial charge is 0.0210 e. The number of hydrogen-bond acceptors (Lipinski definition) is 2. The molecule has 0 aliphatic rings. The highest BCUT2D eigenvalue weighted by molar-refractivity contribution is 8.93. The van der Waals surface area contributed by atoms with E-state index in [4.69, 9.17) is 5.21 Å². The van der Waals surface area contributed by atoms with E-state index < -0.39 is 0 Å². The van der Waals surface area contributed by atoms with E-state index in [1.807, 2.05) is 18.2 Å². The molecule has 12 heavy (non-hydrogen) atoms. The van der Waals surface area contributed by atoms with Crippen LogP contribution in [0.1, 0.15) is 12.0 Å². The maximum Gasteiger partial charge on any atom is 0.0210 e. The minimum atomic E-state index is 0. The van der Waals surface area contributed by atoms with Crippen molar-refractivity contribution in [3.63, 3.8) is 0 Å². The molecule has 0 radical (unpaired) electrons. The van der Waals surface area contributed by atoms with Crippen LogP contribution in [0.2, 0.25) is 0 Å². The minimum absolute atomic E-state index is 0. The molecular formula is C9H14BrNO. The van der Waals surface area contributed by atoms with Crippen molar-refractivity contribution in [3.05, 3.63) is 35.9 Å². The number of aryl methyl sites for hydroxylation is 1. The van der Waals surface area contributed by atoms with Crippen molar-refractivity contribution in [2.45, 2.75) is 12.8 Å². The van der Waals surface area contributed by atoms with Crippen LogP contribution in [0.25, 0.3) is 0 Å². The Bertz CT molecular complexity index is 191. The predicted octanol–water partition coefficient (Wildman–Crippen LogP) is 2.18. The Kier molecular flexibility index (Phi) is 7.05. The van der Waals surface area contributed by atoms with Crippen LogP contribution in [0.3, 0.4) is 0 Å². The lowest BCUT2D eigenvalue weighted by molar-refractivity contribution is 0.166. The zero-order valence-corrected chi connectivity index (χ0v) is 8.58. The third-order valence-corrected chi connectivity index (χ3v) is 1.60. The topological polar surface area (TPSA) is 32.3 Å². The van der Waals surface area contributed by atoms with Gasteiger partial charge in [0.15, 0.2) is 0 Å². The summed E-state index contributed by atoms with van der Waals surface area (Å²) in [6.45, 7) is 0.662. The largest absolute Gasteiger partial charge is 0.317 e. The first-order chi connectivity index (χ1) is 5.43. The number of benzene rings is 1. The van der Waals surface area contributed by atoms with Crippen molar-refractivity contribution in [1.82, 2.24) is 5.48 Å². The summed E-state index contributed by atoms with van der Waals surface area (Å²) in [6.07, 6.45) is 1.99. The molecule has 0 fully saturated rings. The molecule has 0 bridgehead atoms. The molecule has 2 nitrogen and oxygen atoms in total. The van der Waals surface area contributed by atoms with Crippen LogP contribution in [0.4, 0.5) is 0 Å². The molecule has 0 amide bonds. The fourth-order valence-corrected chi connectivity index (χ4v) is 1.02. The zero-order chi connectivity index (χ0) is 7.94. The van der Waals surface area contributed by atoms with Crippen LogP contribution < -0.4 is 5.48 Å². The first-order valence-electron chi connectivity index (χ1n) is 3.84. The van der Waals surface area contributed by atoms with E-state index in [0.717, 1.165) is 12.8 Å². The lowest BCUT2D eigenvalue weighted by Gasteiger charge is -1.98. The first-order valence-corrected chi connectivity index (χ1v) is 3.84. The molecule has 0 aliphatic carbocycles. The van der Waals surface area contributed by atoms with E-state index in [2.05, 4.69) is 17.6 Å². The second-order valence-corrected chi connectivity index (χ2v) is 2.50. The fourth-order valence-electron chi connectivity index (χ4n) is 1.02. The van der Waals surface area contributed by atoms with Crippen LogP contribution in [-0.4, -0.2) is 11.8 Å². The monoisotopic (exact) mass is 231 g/mol. The highest BCUT2D eigenvalue weighted by Crippen LogP contribution is 2.00. The number of halogens is 1. The van der Waals surface area contributed by atoms with Gasteiger partial charge in [-0.25, -0.2) is 5.48 Å². The van der Waals surface area contributed by atoms with E-state index in [-0.39, 0.29) is 17.0 Å². The van der Waals surface area contributed by atoms with Gasteiger partial charge in [0, 0.05) is 6.54 Å². The van der Waals surface area contributed by atoms with Crippen LogP contribution >= 0.6 is 17.0 Å². The number of rotatable bonds is 4. The van der Waals surface area contributed by atoms with Gasteiger partial charge in [-0.05, 0) is 18.4 Å². The Morgan fingerprint density at radius 2 is 1.83 bits per heavy atom. The highest BCUT2D eigenvalue weighted by atomic mass is 79.9. The second-order valence-electron chi connectivity index (χ2n) is 2.50. The van der Waals surface area contributed by atoms with E-state index in [0.29, 0.717) is 6.54 Å². The van der Waals surface area contributed by atoms with E-state index >= 15 is 0 Å². The van der Waals surface area contributed by atoms with E-state index in [1.165, 1.54) is 5.56 Å². The van der Waals surface area contributed by atoms with Gasteiger partial charge in [-0.1, -0.05) is 30.3 Å². The van der Waals surface area contributed by atoms with Crippen molar-refractivity contribution < 1.29 is 5.21 Å². The SMILES string of the molecule is Br.ONCCCc1ccccc1. The van der Waals surface area contributed by atoms with Gasteiger partial charge in [-0.2, -0.15) is 0 Å². The Balaban J connectivity index is 0.00000121. The number of hydrogen-bond donors (Lipinski definition) is 2. The number of nitrogens with one attached hydrogen (secondary N) is 1. The van der Waals surface area contributed by atoms with Crippen LogP contribution in [0, 0.1) is 0 Å². The summed E-state index contributed by atoms with van der Waals surface area (Å²) in [5.41, 5.74) is 3.46. The van der Waals surface area contributed by atoms with Gasteiger partial charge < -0.3 is 5.21 Å². The minimum Gasteiger partial charge on any atom is -0.317 e. The lowest BCUT2D eigenvalue weighted by Crippen LogP contribution is -2.09. The summed E-state index contributed by atoms with van der Waals surface area (Å²) in [6, 6.07) is 10.3. The van der Waals surface area contributed by atoms with Crippen molar-refractivity contribution in [1.29, 1.82) is 0 Å². The molecule has 0 spiro atoms. The predicted molar refractivity (Wildman–Crippen MR) is 54.9 cm³/mol. The van der Waals surface area contributed by atoms with Crippen molar-refractivity contribution in [2.24, 2.45) is 0 Å². The van der Waals surface area contributed by atoms with Gasteiger partial charge in [0.05, 0.1) is 0 Å².